The second-order valence-corrected chi connectivity index (χ2v) is 6.64. The number of benzene rings is 1. The molecule has 2 aliphatic heterocycles. The van der Waals surface area contributed by atoms with Crippen LogP contribution < -0.4 is 9.80 Å². The standard InChI is InChI=1S/C19H22N2O7/c1-12(22)28-17(19(25)26)16-18(24)21(10-11-27-16)14-7-3-2-6-13(14)20-9-5-4-8-15(20)23/h2-3,6-7,16-17H,4-5,8-11H2,1H3,(H,25,26)/t16-,17-/m1/s1. The molecule has 0 unspecified atom stereocenters. The molecule has 150 valence electrons. The third-order valence-electron chi connectivity index (χ3n) is 4.72. The molecule has 2 atom stereocenters. The summed E-state index contributed by atoms with van der Waals surface area (Å²) in [5, 5.41) is 9.36. The highest BCUT2D eigenvalue weighted by Gasteiger charge is 2.43. The maximum atomic E-state index is 13.0. The monoisotopic (exact) mass is 390 g/mol. The van der Waals surface area contributed by atoms with E-state index in [0.717, 1.165) is 19.8 Å². The number of para-hydroxylation sites is 2. The van der Waals surface area contributed by atoms with Gasteiger partial charge in [-0.3, -0.25) is 14.4 Å². The number of carbonyl (C=O) groups excluding carboxylic acids is 3. The molecule has 3 rings (SSSR count). The molecule has 1 N–H and O–H groups in total. The normalized spacial score (nSPS) is 21.4. The quantitative estimate of drug-likeness (QED) is 0.745. The van der Waals surface area contributed by atoms with Gasteiger partial charge in [0, 0.05) is 26.4 Å². The summed E-state index contributed by atoms with van der Waals surface area (Å²) in [4.78, 5) is 51.2. The van der Waals surface area contributed by atoms with E-state index < -0.39 is 30.1 Å². The highest BCUT2D eigenvalue weighted by atomic mass is 16.6. The smallest absolute Gasteiger partial charge is 0.348 e. The average Bonchev–Trinajstić information content (AvgIpc) is 2.67. The Labute approximate surface area is 161 Å². The summed E-state index contributed by atoms with van der Waals surface area (Å²) in [6.07, 6.45) is -1.05. The van der Waals surface area contributed by atoms with Gasteiger partial charge in [-0.25, -0.2) is 4.79 Å². The van der Waals surface area contributed by atoms with Gasteiger partial charge in [-0.15, -0.1) is 0 Å². The van der Waals surface area contributed by atoms with Crippen molar-refractivity contribution in [3.05, 3.63) is 24.3 Å². The molecular formula is C19H22N2O7. The summed E-state index contributed by atoms with van der Waals surface area (Å²) >= 11 is 0. The molecule has 9 heteroatoms. The number of hydrogen-bond donors (Lipinski definition) is 1. The summed E-state index contributed by atoms with van der Waals surface area (Å²) in [7, 11) is 0. The lowest BCUT2D eigenvalue weighted by molar-refractivity contribution is -0.177. The number of nitrogens with zero attached hydrogens (tertiary/aromatic N) is 2. The SMILES string of the molecule is CC(=O)O[C@@H](C(=O)O)[C@H]1OCCN(c2ccccc2N2CCCCC2=O)C1=O. The Balaban J connectivity index is 1.91. The summed E-state index contributed by atoms with van der Waals surface area (Å²) in [6.45, 7) is 1.89. The van der Waals surface area contributed by atoms with Gasteiger partial charge in [0.15, 0.2) is 6.10 Å². The highest BCUT2D eigenvalue weighted by molar-refractivity contribution is 6.05. The molecule has 1 aromatic carbocycles. The number of rotatable bonds is 5. The Kier molecular flexibility index (Phi) is 5.93. The number of esters is 1. The molecule has 2 heterocycles. The van der Waals surface area contributed by atoms with Crippen molar-refractivity contribution in [1.82, 2.24) is 0 Å². The average molecular weight is 390 g/mol. The number of aliphatic carboxylic acids is 1. The van der Waals surface area contributed by atoms with Crippen LogP contribution in [0.2, 0.25) is 0 Å². The topological polar surface area (TPSA) is 113 Å². The number of piperidine rings is 1. The molecule has 9 nitrogen and oxygen atoms in total. The molecule has 0 saturated carbocycles. The minimum atomic E-state index is -1.74. The fourth-order valence-corrected chi connectivity index (χ4v) is 3.46. The van der Waals surface area contributed by atoms with Gasteiger partial charge in [-0.05, 0) is 25.0 Å². The van der Waals surface area contributed by atoms with Crippen molar-refractivity contribution in [2.75, 3.05) is 29.5 Å². The van der Waals surface area contributed by atoms with E-state index in [2.05, 4.69) is 0 Å². The van der Waals surface area contributed by atoms with E-state index in [1.165, 1.54) is 4.90 Å². The fraction of sp³-hybridized carbons (Fsp3) is 0.474. The first-order valence-electron chi connectivity index (χ1n) is 9.12. The third-order valence-corrected chi connectivity index (χ3v) is 4.72. The summed E-state index contributed by atoms with van der Waals surface area (Å²) < 4.78 is 10.1. The van der Waals surface area contributed by atoms with Gasteiger partial charge in [0.05, 0.1) is 18.0 Å². The van der Waals surface area contributed by atoms with Crippen LogP contribution in [0.1, 0.15) is 26.2 Å². The molecule has 2 amide bonds. The van der Waals surface area contributed by atoms with Gasteiger partial charge in [0.2, 0.25) is 12.0 Å². The van der Waals surface area contributed by atoms with Gasteiger partial charge in [0.25, 0.3) is 5.91 Å². The van der Waals surface area contributed by atoms with Crippen LogP contribution in [0.3, 0.4) is 0 Å². The predicted octanol–water partition coefficient (Wildman–Crippen LogP) is 0.952. The molecule has 2 aliphatic rings. The zero-order chi connectivity index (χ0) is 20.3. The van der Waals surface area contributed by atoms with Crippen LogP contribution in [0.25, 0.3) is 0 Å². The maximum Gasteiger partial charge on any atom is 0.348 e. The summed E-state index contributed by atoms with van der Waals surface area (Å²) in [5.41, 5.74) is 1.10. The van der Waals surface area contributed by atoms with Crippen LogP contribution in [0.5, 0.6) is 0 Å². The van der Waals surface area contributed by atoms with E-state index >= 15 is 0 Å². The number of amides is 2. The van der Waals surface area contributed by atoms with Crippen molar-refractivity contribution in [2.45, 2.75) is 38.4 Å². The first-order valence-corrected chi connectivity index (χ1v) is 9.12. The Morgan fingerprint density at radius 2 is 1.82 bits per heavy atom. The minimum Gasteiger partial charge on any atom is -0.478 e. The number of morpholine rings is 1. The van der Waals surface area contributed by atoms with Gasteiger partial charge in [-0.2, -0.15) is 0 Å². The Hall–Kier alpha value is -2.94. The van der Waals surface area contributed by atoms with E-state index in [1.807, 2.05) is 0 Å². The fourth-order valence-electron chi connectivity index (χ4n) is 3.46. The molecule has 0 radical (unpaired) electrons. The van der Waals surface area contributed by atoms with E-state index in [9.17, 15) is 24.3 Å². The first-order chi connectivity index (χ1) is 13.4. The number of hydrogen-bond acceptors (Lipinski definition) is 6. The van der Waals surface area contributed by atoms with Crippen LogP contribution in [-0.2, 0) is 28.7 Å². The van der Waals surface area contributed by atoms with E-state index in [1.54, 1.807) is 29.2 Å². The van der Waals surface area contributed by atoms with Crippen molar-refractivity contribution in [1.29, 1.82) is 0 Å². The number of carboxylic acids is 1. The molecular weight excluding hydrogens is 368 g/mol. The zero-order valence-electron chi connectivity index (χ0n) is 15.5. The van der Waals surface area contributed by atoms with Crippen LogP contribution in [-0.4, -0.2) is 60.8 Å². The van der Waals surface area contributed by atoms with Gasteiger partial charge < -0.3 is 24.4 Å². The largest absolute Gasteiger partial charge is 0.478 e. The second-order valence-electron chi connectivity index (χ2n) is 6.64. The number of carbonyl (C=O) groups is 4. The molecule has 0 aromatic heterocycles. The van der Waals surface area contributed by atoms with Crippen LogP contribution in [0.4, 0.5) is 11.4 Å². The lowest BCUT2D eigenvalue weighted by Crippen LogP contribution is -2.56. The highest BCUT2D eigenvalue weighted by Crippen LogP contribution is 2.33. The number of anilines is 2. The summed E-state index contributed by atoms with van der Waals surface area (Å²) in [6, 6.07) is 6.99. The molecule has 28 heavy (non-hydrogen) atoms. The van der Waals surface area contributed by atoms with Crippen LogP contribution in [0.15, 0.2) is 24.3 Å². The van der Waals surface area contributed by atoms with Gasteiger partial charge >= 0.3 is 11.9 Å². The van der Waals surface area contributed by atoms with Crippen molar-refractivity contribution < 1.29 is 33.8 Å². The molecule has 2 saturated heterocycles. The van der Waals surface area contributed by atoms with E-state index in [0.29, 0.717) is 24.3 Å². The van der Waals surface area contributed by atoms with Crippen molar-refractivity contribution in [3.63, 3.8) is 0 Å². The first kappa shape index (κ1) is 19.8. The molecule has 1 aromatic rings. The second kappa shape index (κ2) is 8.39. The van der Waals surface area contributed by atoms with Crippen molar-refractivity contribution in [2.24, 2.45) is 0 Å². The molecule has 0 bridgehead atoms. The maximum absolute atomic E-state index is 13.0. The number of ether oxygens (including phenoxy) is 2. The lowest BCUT2D eigenvalue weighted by Gasteiger charge is -2.37. The molecule has 2 fully saturated rings. The van der Waals surface area contributed by atoms with Crippen LogP contribution in [0, 0.1) is 0 Å². The molecule has 0 aliphatic carbocycles. The minimum absolute atomic E-state index is 0.0146. The summed E-state index contributed by atoms with van der Waals surface area (Å²) in [5.74, 6) is -2.92. The third kappa shape index (κ3) is 3.99. The zero-order valence-corrected chi connectivity index (χ0v) is 15.5. The number of carboxylic acid groups (broad SMARTS) is 1. The van der Waals surface area contributed by atoms with Crippen molar-refractivity contribution in [3.8, 4) is 0 Å². The van der Waals surface area contributed by atoms with E-state index in [4.69, 9.17) is 9.47 Å². The Morgan fingerprint density at radius 3 is 2.43 bits per heavy atom. The lowest BCUT2D eigenvalue weighted by atomic mass is 10.1. The van der Waals surface area contributed by atoms with Crippen LogP contribution >= 0.6 is 0 Å². The van der Waals surface area contributed by atoms with E-state index in [-0.39, 0.29) is 19.1 Å². The van der Waals surface area contributed by atoms with Gasteiger partial charge in [-0.1, -0.05) is 12.1 Å². The Morgan fingerprint density at radius 1 is 1.14 bits per heavy atom. The Bertz CT molecular complexity index is 794. The van der Waals surface area contributed by atoms with Gasteiger partial charge in [0.1, 0.15) is 0 Å². The van der Waals surface area contributed by atoms with Crippen molar-refractivity contribution >= 4 is 35.1 Å². The predicted molar refractivity (Wildman–Crippen MR) is 97.9 cm³/mol. The molecule has 0 spiro atoms.